The standard InChI is InChI=1S/C25H17N3O4/c29-24-22-20-16-5-1-2-6-17(16)21(19-8-4-3-7-18(19)20)23(22)25(30)27(24)26-13-14-9-11-15(12-10-14)28(31)32/h1-13,20-23H/b26-13-/t20?,21?,22-,23+. The Bertz CT molecular complexity index is 1220. The van der Waals surface area contributed by atoms with Crippen molar-refractivity contribution < 1.29 is 14.5 Å². The lowest BCUT2D eigenvalue weighted by molar-refractivity contribution is -0.384. The molecule has 0 radical (unpaired) electrons. The molecule has 0 spiro atoms. The molecule has 0 saturated carbocycles. The van der Waals surface area contributed by atoms with Gasteiger partial charge >= 0.3 is 0 Å². The fourth-order valence-corrected chi connectivity index (χ4v) is 5.58. The Morgan fingerprint density at radius 1 is 0.750 bits per heavy atom. The van der Waals surface area contributed by atoms with Gasteiger partial charge in [-0.05, 0) is 39.9 Å². The van der Waals surface area contributed by atoms with E-state index in [1.165, 1.54) is 30.5 Å². The van der Waals surface area contributed by atoms with Gasteiger partial charge in [-0.2, -0.15) is 10.1 Å². The Morgan fingerprint density at radius 3 is 1.59 bits per heavy atom. The van der Waals surface area contributed by atoms with Crippen LogP contribution in [0.4, 0.5) is 5.69 Å². The predicted octanol–water partition coefficient (Wildman–Crippen LogP) is 3.82. The summed E-state index contributed by atoms with van der Waals surface area (Å²) < 4.78 is 0. The van der Waals surface area contributed by atoms with E-state index >= 15 is 0 Å². The van der Waals surface area contributed by atoms with E-state index < -0.39 is 16.8 Å². The summed E-state index contributed by atoms with van der Waals surface area (Å²) in [4.78, 5) is 37.2. The zero-order chi connectivity index (χ0) is 22.0. The molecular formula is C25H17N3O4. The lowest BCUT2D eigenvalue weighted by Crippen LogP contribution is -2.41. The molecule has 0 N–H and O–H groups in total. The van der Waals surface area contributed by atoms with Gasteiger partial charge in [0.2, 0.25) is 0 Å². The number of benzene rings is 3. The zero-order valence-corrected chi connectivity index (χ0v) is 16.8. The molecule has 0 aromatic heterocycles. The second-order valence-electron chi connectivity index (χ2n) is 8.35. The third-order valence-electron chi connectivity index (χ3n) is 6.85. The SMILES string of the molecule is O=C1[C@@H]2C3c4ccccc4C(c4ccccc43)[C@@H]2C(=O)N1/N=C\c1ccc([N+](=O)[O-])cc1. The van der Waals surface area contributed by atoms with Crippen LogP contribution in [-0.2, 0) is 9.59 Å². The van der Waals surface area contributed by atoms with Gasteiger partial charge < -0.3 is 0 Å². The first-order chi connectivity index (χ1) is 15.6. The molecule has 2 bridgehead atoms. The van der Waals surface area contributed by atoms with Crippen molar-refractivity contribution >= 4 is 23.7 Å². The summed E-state index contributed by atoms with van der Waals surface area (Å²) in [6.45, 7) is 0. The van der Waals surface area contributed by atoms with Gasteiger partial charge in [0.1, 0.15) is 0 Å². The van der Waals surface area contributed by atoms with E-state index in [-0.39, 0.29) is 29.3 Å². The van der Waals surface area contributed by atoms with Gasteiger partial charge in [0.25, 0.3) is 17.5 Å². The van der Waals surface area contributed by atoms with Crippen LogP contribution in [0.15, 0.2) is 77.9 Å². The summed E-state index contributed by atoms with van der Waals surface area (Å²) in [5.74, 6) is -1.89. The average molecular weight is 423 g/mol. The molecule has 7 heteroatoms. The highest BCUT2D eigenvalue weighted by atomic mass is 16.6. The van der Waals surface area contributed by atoms with Gasteiger partial charge in [-0.15, -0.1) is 0 Å². The maximum atomic E-state index is 13.4. The van der Waals surface area contributed by atoms with Crippen molar-refractivity contribution in [3.63, 3.8) is 0 Å². The van der Waals surface area contributed by atoms with Gasteiger partial charge in [-0.1, -0.05) is 48.5 Å². The molecule has 2 atom stereocenters. The van der Waals surface area contributed by atoms with Crippen molar-refractivity contribution in [2.75, 3.05) is 0 Å². The molecule has 1 aliphatic heterocycles. The highest BCUT2D eigenvalue weighted by molar-refractivity contribution is 6.08. The molecule has 1 saturated heterocycles. The van der Waals surface area contributed by atoms with E-state index in [4.69, 9.17) is 0 Å². The Labute approximate surface area is 183 Å². The Balaban J connectivity index is 1.40. The number of imide groups is 1. The normalized spacial score (nSPS) is 25.1. The number of non-ortho nitro benzene ring substituents is 1. The summed E-state index contributed by atoms with van der Waals surface area (Å²) in [5, 5.41) is 16.0. The van der Waals surface area contributed by atoms with Crippen LogP contribution >= 0.6 is 0 Å². The molecule has 3 aromatic carbocycles. The van der Waals surface area contributed by atoms with Crippen LogP contribution in [-0.4, -0.2) is 28.0 Å². The number of carbonyl (C=O) groups is 2. The van der Waals surface area contributed by atoms with Crippen molar-refractivity contribution in [1.29, 1.82) is 0 Å². The third-order valence-corrected chi connectivity index (χ3v) is 6.85. The van der Waals surface area contributed by atoms with Crippen LogP contribution in [0.1, 0.15) is 39.7 Å². The first-order valence-corrected chi connectivity index (χ1v) is 10.4. The number of nitrogens with zero attached hydrogens (tertiary/aromatic N) is 3. The fourth-order valence-electron chi connectivity index (χ4n) is 5.58. The number of amides is 2. The third kappa shape index (κ3) is 2.45. The van der Waals surface area contributed by atoms with E-state index in [2.05, 4.69) is 29.4 Å². The minimum absolute atomic E-state index is 0.0337. The molecular weight excluding hydrogens is 406 g/mol. The van der Waals surface area contributed by atoms with E-state index in [1.807, 2.05) is 24.3 Å². The highest BCUT2D eigenvalue weighted by Crippen LogP contribution is 2.60. The molecule has 1 fully saturated rings. The minimum atomic E-state index is -0.482. The van der Waals surface area contributed by atoms with Crippen molar-refractivity contribution in [2.24, 2.45) is 16.9 Å². The first-order valence-electron chi connectivity index (χ1n) is 10.4. The number of carbonyl (C=O) groups excluding carboxylic acids is 2. The first kappa shape index (κ1) is 18.6. The highest BCUT2D eigenvalue weighted by Gasteiger charge is 2.61. The Morgan fingerprint density at radius 2 is 1.19 bits per heavy atom. The summed E-state index contributed by atoms with van der Waals surface area (Å²) >= 11 is 0. The minimum Gasteiger partial charge on any atom is -0.272 e. The van der Waals surface area contributed by atoms with E-state index in [0.717, 1.165) is 27.3 Å². The number of hydrazone groups is 1. The molecule has 32 heavy (non-hydrogen) atoms. The summed E-state index contributed by atoms with van der Waals surface area (Å²) in [5.41, 5.74) is 4.98. The van der Waals surface area contributed by atoms with Crippen LogP contribution in [0.3, 0.4) is 0 Å². The second kappa shape index (κ2) is 6.68. The number of hydrogen-bond donors (Lipinski definition) is 0. The van der Waals surface area contributed by atoms with E-state index in [9.17, 15) is 19.7 Å². The average Bonchev–Trinajstić information content (AvgIpc) is 3.08. The molecule has 156 valence electrons. The van der Waals surface area contributed by atoms with Crippen LogP contribution < -0.4 is 0 Å². The van der Waals surface area contributed by atoms with Gasteiger partial charge in [-0.3, -0.25) is 19.7 Å². The van der Waals surface area contributed by atoms with E-state index in [0.29, 0.717) is 5.56 Å². The lowest BCUT2D eigenvalue weighted by atomic mass is 9.55. The van der Waals surface area contributed by atoms with Crippen LogP contribution in [0.2, 0.25) is 0 Å². The summed E-state index contributed by atoms with van der Waals surface area (Å²) in [6, 6.07) is 21.9. The number of hydrogen-bond acceptors (Lipinski definition) is 5. The molecule has 7 nitrogen and oxygen atoms in total. The van der Waals surface area contributed by atoms with Gasteiger partial charge in [0, 0.05) is 24.0 Å². The van der Waals surface area contributed by atoms with Gasteiger partial charge in [-0.25, -0.2) is 0 Å². The smallest absolute Gasteiger partial charge is 0.269 e. The fraction of sp³-hybridized carbons (Fsp3) is 0.160. The molecule has 3 aliphatic carbocycles. The molecule has 7 rings (SSSR count). The van der Waals surface area contributed by atoms with Crippen LogP contribution in [0, 0.1) is 22.0 Å². The van der Waals surface area contributed by atoms with Crippen molar-refractivity contribution in [1.82, 2.24) is 5.01 Å². The topological polar surface area (TPSA) is 92.9 Å². The van der Waals surface area contributed by atoms with Crippen molar-refractivity contribution in [3.05, 3.63) is 111 Å². The van der Waals surface area contributed by atoms with Crippen molar-refractivity contribution in [2.45, 2.75) is 11.8 Å². The summed E-state index contributed by atoms with van der Waals surface area (Å²) in [6.07, 6.45) is 1.40. The zero-order valence-electron chi connectivity index (χ0n) is 16.8. The second-order valence-corrected chi connectivity index (χ2v) is 8.35. The summed E-state index contributed by atoms with van der Waals surface area (Å²) in [7, 11) is 0. The van der Waals surface area contributed by atoms with Crippen LogP contribution in [0.25, 0.3) is 0 Å². The largest absolute Gasteiger partial charge is 0.272 e. The molecule has 0 unspecified atom stereocenters. The Hall–Kier alpha value is -4.13. The van der Waals surface area contributed by atoms with Crippen LogP contribution in [0.5, 0.6) is 0 Å². The quantitative estimate of drug-likeness (QED) is 0.277. The van der Waals surface area contributed by atoms with Gasteiger partial charge in [0.05, 0.1) is 23.0 Å². The molecule has 4 aliphatic rings. The van der Waals surface area contributed by atoms with Gasteiger partial charge in [0.15, 0.2) is 0 Å². The predicted molar refractivity (Wildman–Crippen MR) is 116 cm³/mol. The Kier molecular flexibility index (Phi) is 3.89. The maximum absolute atomic E-state index is 13.4. The monoisotopic (exact) mass is 423 g/mol. The number of rotatable bonds is 3. The molecule has 1 heterocycles. The number of nitro benzene ring substituents is 1. The maximum Gasteiger partial charge on any atom is 0.269 e. The van der Waals surface area contributed by atoms with Crippen molar-refractivity contribution in [3.8, 4) is 0 Å². The lowest BCUT2D eigenvalue weighted by Gasteiger charge is -2.45. The number of nitro groups is 1. The van der Waals surface area contributed by atoms with E-state index in [1.54, 1.807) is 0 Å². The molecule has 3 aromatic rings. The molecule has 2 amide bonds.